The number of carboxylic acids is 1. The lowest BCUT2D eigenvalue weighted by atomic mass is 10.1. The molecule has 0 spiro atoms. The molecule has 0 aromatic rings. The molecule has 0 fully saturated rings. The number of carboxylic acid groups (broad SMARTS) is 1. The summed E-state index contributed by atoms with van der Waals surface area (Å²) in [4.78, 5) is 10.0. The zero-order valence-corrected chi connectivity index (χ0v) is 6.47. The van der Waals surface area contributed by atoms with E-state index in [0.29, 0.717) is 0 Å². The Kier molecular flexibility index (Phi) is 6.24. The summed E-state index contributed by atoms with van der Waals surface area (Å²) in [5, 5.41) is 8.25. The summed E-state index contributed by atoms with van der Waals surface area (Å²) in [5.74, 6) is -0.701. The minimum absolute atomic E-state index is 0.281. The van der Waals surface area contributed by atoms with E-state index in [2.05, 4.69) is 13.3 Å². The summed E-state index contributed by atoms with van der Waals surface area (Å²) in [7, 11) is 0. The Morgan fingerprint density at radius 3 is 2.70 bits per heavy atom. The Bertz CT molecular complexity index is 89.3. The van der Waals surface area contributed by atoms with Crippen LogP contribution in [0.3, 0.4) is 0 Å². The van der Waals surface area contributed by atoms with E-state index in [1.165, 1.54) is 12.8 Å². The Morgan fingerprint density at radius 1 is 1.50 bits per heavy atom. The highest BCUT2D eigenvalue weighted by Crippen LogP contribution is 2.02. The van der Waals surface area contributed by atoms with Crippen molar-refractivity contribution < 1.29 is 9.90 Å². The van der Waals surface area contributed by atoms with Crippen molar-refractivity contribution in [3.05, 3.63) is 6.42 Å². The van der Waals surface area contributed by atoms with Crippen LogP contribution < -0.4 is 0 Å². The molecular formula is C8H15O2. The van der Waals surface area contributed by atoms with Gasteiger partial charge in [0, 0.05) is 6.42 Å². The van der Waals surface area contributed by atoms with E-state index in [4.69, 9.17) is 5.11 Å². The lowest BCUT2D eigenvalue weighted by Crippen LogP contribution is -1.93. The largest absolute Gasteiger partial charge is 0.481 e. The molecule has 0 unspecified atom stereocenters. The Labute approximate surface area is 62.2 Å². The molecule has 0 aliphatic rings. The molecule has 59 valence electrons. The smallest absolute Gasteiger partial charge is 0.303 e. The lowest BCUT2D eigenvalue weighted by Gasteiger charge is -1.94. The topological polar surface area (TPSA) is 37.3 Å². The predicted molar refractivity (Wildman–Crippen MR) is 40.7 cm³/mol. The van der Waals surface area contributed by atoms with Gasteiger partial charge in [-0.2, -0.15) is 0 Å². The maximum absolute atomic E-state index is 10.0. The molecule has 10 heavy (non-hydrogen) atoms. The third-order valence-corrected chi connectivity index (χ3v) is 1.32. The van der Waals surface area contributed by atoms with Crippen molar-refractivity contribution in [3.8, 4) is 0 Å². The second-order valence-corrected chi connectivity index (χ2v) is 2.36. The zero-order valence-electron chi connectivity index (χ0n) is 6.47. The fourth-order valence-corrected chi connectivity index (χ4v) is 0.718. The van der Waals surface area contributed by atoms with Crippen molar-refractivity contribution in [2.24, 2.45) is 0 Å². The number of hydrogen-bond donors (Lipinski definition) is 1. The van der Waals surface area contributed by atoms with E-state index in [0.717, 1.165) is 12.8 Å². The molecule has 0 atom stereocenters. The van der Waals surface area contributed by atoms with Crippen molar-refractivity contribution in [2.45, 2.75) is 39.0 Å². The third-order valence-electron chi connectivity index (χ3n) is 1.32. The number of carbonyl (C=O) groups is 1. The first kappa shape index (κ1) is 9.47. The maximum Gasteiger partial charge on any atom is 0.303 e. The van der Waals surface area contributed by atoms with Crippen LogP contribution in [0.5, 0.6) is 0 Å². The standard InChI is InChI=1S/C8H15O2/c1-2-3-4-5-6-7-8(9)10/h5H,2-4,6-7H2,1H3,(H,9,10). The first-order chi connectivity index (χ1) is 4.77. The van der Waals surface area contributed by atoms with Crippen molar-refractivity contribution >= 4 is 5.97 Å². The van der Waals surface area contributed by atoms with Crippen LogP contribution in [-0.2, 0) is 4.79 Å². The fraction of sp³-hybridized carbons (Fsp3) is 0.750. The van der Waals surface area contributed by atoms with Gasteiger partial charge in [0.15, 0.2) is 0 Å². The zero-order chi connectivity index (χ0) is 7.82. The molecule has 1 N–H and O–H groups in total. The molecule has 0 amide bonds. The van der Waals surface area contributed by atoms with Crippen molar-refractivity contribution in [2.75, 3.05) is 0 Å². The van der Waals surface area contributed by atoms with Crippen molar-refractivity contribution in [3.63, 3.8) is 0 Å². The average molecular weight is 143 g/mol. The molecule has 0 bridgehead atoms. The van der Waals surface area contributed by atoms with Crippen molar-refractivity contribution in [1.82, 2.24) is 0 Å². The summed E-state index contributed by atoms with van der Waals surface area (Å²) in [6.45, 7) is 2.13. The Morgan fingerprint density at radius 2 is 2.20 bits per heavy atom. The molecule has 0 aromatic carbocycles. The van der Waals surface area contributed by atoms with Crippen LogP contribution in [0.2, 0.25) is 0 Å². The number of hydrogen-bond acceptors (Lipinski definition) is 1. The minimum atomic E-state index is -0.701. The third kappa shape index (κ3) is 7.47. The summed E-state index contributed by atoms with van der Waals surface area (Å²) < 4.78 is 0. The first-order valence-corrected chi connectivity index (χ1v) is 3.80. The molecule has 2 nitrogen and oxygen atoms in total. The van der Waals surface area contributed by atoms with Gasteiger partial charge in [0.25, 0.3) is 0 Å². The van der Waals surface area contributed by atoms with Gasteiger partial charge >= 0.3 is 5.97 Å². The number of rotatable bonds is 6. The van der Waals surface area contributed by atoms with E-state index in [1.54, 1.807) is 0 Å². The van der Waals surface area contributed by atoms with E-state index in [1.807, 2.05) is 0 Å². The molecule has 0 aliphatic carbocycles. The second kappa shape index (κ2) is 6.59. The molecular weight excluding hydrogens is 128 g/mol. The van der Waals surface area contributed by atoms with Gasteiger partial charge in [0.2, 0.25) is 0 Å². The molecule has 0 saturated carbocycles. The number of unbranched alkanes of at least 4 members (excludes halogenated alkanes) is 4. The highest BCUT2D eigenvalue weighted by atomic mass is 16.4. The van der Waals surface area contributed by atoms with E-state index < -0.39 is 5.97 Å². The minimum Gasteiger partial charge on any atom is -0.481 e. The summed E-state index contributed by atoms with van der Waals surface area (Å²) >= 11 is 0. The lowest BCUT2D eigenvalue weighted by molar-refractivity contribution is -0.136. The summed E-state index contributed by atoms with van der Waals surface area (Å²) in [6.07, 6.45) is 6.48. The van der Waals surface area contributed by atoms with Crippen LogP contribution in [0.25, 0.3) is 0 Å². The van der Waals surface area contributed by atoms with E-state index in [-0.39, 0.29) is 6.42 Å². The van der Waals surface area contributed by atoms with Crippen LogP contribution >= 0.6 is 0 Å². The monoisotopic (exact) mass is 143 g/mol. The van der Waals surface area contributed by atoms with Crippen LogP contribution in [0.1, 0.15) is 39.0 Å². The first-order valence-electron chi connectivity index (χ1n) is 3.80. The van der Waals surface area contributed by atoms with Gasteiger partial charge in [-0.25, -0.2) is 0 Å². The molecule has 0 aromatic heterocycles. The summed E-state index contributed by atoms with van der Waals surface area (Å²) in [6, 6.07) is 0. The SMILES string of the molecule is CCCC[CH]CCC(=O)O. The second-order valence-electron chi connectivity index (χ2n) is 2.36. The van der Waals surface area contributed by atoms with Gasteiger partial charge in [0.05, 0.1) is 0 Å². The summed E-state index contributed by atoms with van der Waals surface area (Å²) in [5.41, 5.74) is 0. The fourth-order valence-electron chi connectivity index (χ4n) is 0.718. The molecule has 0 rings (SSSR count). The molecule has 1 radical (unpaired) electrons. The van der Waals surface area contributed by atoms with E-state index in [9.17, 15) is 4.79 Å². The Balaban J connectivity index is 2.84. The molecule has 0 saturated heterocycles. The molecule has 0 aliphatic heterocycles. The highest BCUT2D eigenvalue weighted by Gasteiger charge is 1.94. The molecule has 2 heteroatoms. The van der Waals surface area contributed by atoms with E-state index >= 15 is 0 Å². The quantitative estimate of drug-likeness (QED) is 0.579. The number of aliphatic carboxylic acids is 1. The van der Waals surface area contributed by atoms with Gasteiger partial charge < -0.3 is 5.11 Å². The average Bonchev–Trinajstić information content (AvgIpc) is 1.87. The van der Waals surface area contributed by atoms with Gasteiger partial charge in [-0.3, -0.25) is 4.79 Å². The van der Waals surface area contributed by atoms with Gasteiger partial charge in [-0.05, 0) is 12.8 Å². The predicted octanol–water partition coefficient (Wildman–Crippen LogP) is 2.25. The maximum atomic E-state index is 10.0. The van der Waals surface area contributed by atoms with Gasteiger partial charge in [0.1, 0.15) is 0 Å². The molecule has 0 heterocycles. The van der Waals surface area contributed by atoms with Crippen molar-refractivity contribution in [1.29, 1.82) is 0 Å². The van der Waals surface area contributed by atoms with Crippen LogP contribution in [0.4, 0.5) is 0 Å². The van der Waals surface area contributed by atoms with Crippen LogP contribution in [-0.4, -0.2) is 11.1 Å². The Hall–Kier alpha value is -0.530. The normalized spacial score (nSPS) is 9.70. The van der Waals surface area contributed by atoms with Crippen LogP contribution in [0.15, 0.2) is 0 Å². The van der Waals surface area contributed by atoms with Gasteiger partial charge in [-0.15, -0.1) is 0 Å². The van der Waals surface area contributed by atoms with Crippen LogP contribution in [0, 0.1) is 6.42 Å². The highest BCUT2D eigenvalue weighted by molar-refractivity contribution is 5.66. The van der Waals surface area contributed by atoms with Gasteiger partial charge in [-0.1, -0.05) is 26.2 Å².